The van der Waals surface area contributed by atoms with Crippen LogP contribution in [0.1, 0.15) is 27.2 Å². The first-order valence-corrected chi connectivity index (χ1v) is 7.50. The first-order chi connectivity index (χ1) is 5.18. The average molecular weight is 194 g/mol. The Balaban J connectivity index is 3.79. The highest BCUT2D eigenvalue weighted by atomic mass is 32.3. The third-order valence-electron chi connectivity index (χ3n) is 1.31. The zero-order chi connectivity index (χ0) is 8.74. The number of thiol groups is 1. The molecular weight excluding hydrogens is 176 g/mol. The minimum absolute atomic E-state index is 0.704. The van der Waals surface area contributed by atoms with Crippen LogP contribution in [0.5, 0.6) is 0 Å². The van der Waals surface area contributed by atoms with E-state index in [0.29, 0.717) is 13.2 Å². The zero-order valence-corrected chi connectivity index (χ0v) is 9.49. The van der Waals surface area contributed by atoms with E-state index < -0.39 is 7.71 Å². The Hall–Kier alpha value is 0.487. The molecule has 0 bridgehead atoms. The molecule has 0 saturated carbocycles. The Morgan fingerprint density at radius 2 is 1.55 bits per heavy atom. The second-order valence-electron chi connectivity index (χ2n) is 2.33. The maximum Gasteiger partial charge on any atom is 0.402 e. The molecule has 68 valence electrons. The van der Waals surface area contributed by atoms with Crippen molar-refractivity contribution in [2.75, 3.05) is 13.2 Å². The van der Waals surface area contributed by atoms with E-state index in [-0.39, 0.29) is 0 Å². The summed E-state index contributed by atoms with van der Waals surface area (Å²) in [5.74, 6) is 0. The van der Waals surface area contributed by atoms with Gasteiger partial charge in [0.15, 0.2) is 0 Å². The van der Waals surface area contributed by atoms with Gasteiger partial charge in [0.25, 0.3) is 0 Å². The third kappa shape index (κ3) is 4.84. The molecular formula is C7H18O2SSi. The summed E-state index contributed by atoms with van der Waals surface area (Å²) in [6, 6.07) is 0.970. The van der Waals surface area contributed by atoms with Gasteiger partial charge in [-0.3, -0.25) is 0 Å². The average Bonchev–Trinajstić information content (AvgIpc) is 1.88. The SMILES string of the molecule is CCC[Si](S)(OCC)OCC. The smallest absolute Gasteiger partial charge is 0.387 e. The maximum absolute atomic E-state index is 5.49. The highest BCUT2D eigenvalue weighted by Crippen LogP contribution is 2.19. The first-order valence-electron chi connectivity index (χ1n) is 4.18. The van der Waals surface area contributed by atoms with Crippen LogP contribution in [0.4, 0.5) is 0 Å². The Labute approximate surface area is 75.6 Å². The largest absolute Gasteiger partial charge is 0.402 e. The molecule has 0 rings (SSSR count). The van der Waals surface area contributed by atoms with Crippen molar-refractivity contribution in [3.05, 3.63) is 0 Å². The second-order valence-corrected chi connectivity index (χ2v) is 6.88. The quantitative estimate of drug-likeness (QED) is 0.517. The van der Waals surface area contributed by atoms with Crippen LogP contribution in [0.25, 0.3) is 0 Å². The first kappa shape index (κ1) is 11.5. The molecule has 0 aliphatic heterocycles. The predicted octanol–water partition coefficient (Wildman–Crippen LogP) is 2.34. The summed E-state index contributed by atoms with van der Waals surface area (Å²) < 4.78 is 11.0. The molecule has 2 nitrogen and oxygen atoms in total. The van der Waals surface area contributed by atoms with Crippen molar-refractivity contribution >= 4 is 19.8 Å². The highest BCUT2D eigenvalue weighted by molar-refractivity contribution is 8.12. The van der Waals surface area contributed by atoms with Gasteiger partial charge in [-0.15, -0.1) is 12.1 Å². The molecule has 0 saturated heterocycles. The van der Waals surface area contributed by atoms with Crippen LogP contribution < -0.4 is 0 Å². The number of hydrogen-bond donors (Lipinski definition) is 1. The molecule has 0 unspecified atom stereocenters. The summed E-state index contributed by atoms with van der Waals surface area (Å²) >= 11 is 4.45. The molecule has 0 atom stereocenters. The number of rotatable bonds is 6. The molecule has 0 aromatic carbocycles. The molecule has 0 heterocycles. The lowest BCUT2D eigenvalue weighted by Crippen LogP contribution is -2.35. The minimum Gasteiger partial charge on any atom is -0.387 e. The Bertz CT molecular complexity index is 83.4. The second kappa shape index (κ2) is 6.05. The standard InChI is InChI=1S/C7H18O2SSi/c1-4-7-11(10,8-5-2)9-6-3/h10H,4-7H2,1-3H3. The Morgan fingerprint density at radius 1 is 1.09 bits per heavy atom. The zero-order valence-electron chi connectivity index (χ0n) is 7.59. The van der Waals surface area contributed by atoms with Gasteiger partial charge in [-0.2, -0.15) is 0 Å². The molecule has 0 aromatic heterocycles. The lowest BCUT2D eigenvalue weighted by atomic mass is 10.6. The Kier molecular flexibility index (Phi) is 6.32. The van der Waals surface area contributed by atoms with Crippen molar-refractivity contribution in [1.82, 2.24) is 0 Å². The fourth-order valence-electron chi connectivity index (χ4n) is 0.953. The van der Waals surface area contributed by atoms with Crippen molar-refractivity contribution in [2.24, 2.45) is 0 Å². The van der Waals surface area contributed by atoms with Crippen LogP contribution in [-0.2, 0) is 8.85 Å². The molecule has 0 amide bonds. The summed E-state index contributed by atoms with van der Waals surface area (Å²) in [4.78, 5) is 0. The van der Waals surface area contributed by atoms with Crippen LogP contribution in [0.2, 0.25) is 6.04 Å². The molecule has 0 N–H and O–H groups in total. The van der Waals surface area contributed by atoms with Gasteiger partial charge in [0.1, 0.15) is 0 Å². The van der Waals surface area contributed by atoms with Crippen LogP contribution >= 0.6 is 12.1 Å². The van der Waals surface area contributed by atoms with Gasteiger partial charge in [0, 0.05) is 19.3 Å². The van der Waals surface area contributed by atoms with Crippen LogP contribution in [0.3, 0.4) is 0 Å². The molecule has 0 aromatic rings. The minimum atomic E-state index is -2.05. The van der Waals surface area contributed by atoms with E-state index in [4.69, 9.17) is 8.85 Å². The fourth-order valence-corrected chi connectivity index (χ4v) is 4.30. The van der Waals surface area contributed by atoms with E-state index in [1.165, 1.54) is 0 Å². The molecule has 4 heteroatoms. The monoisotopic (exact) mass is 194 g/mol. The lowest BCUT2D eigenvalue weighted by Gasteiger charge is -2.23. The van der Waals surface area contributed by atoms with E-state index in [2.05, 4.69) is 19.0 Å². The fraction of sp³-hybridized carbons (Fsp3) is 1.00. The van der Waals surface area contributed by atoms with E-state index >= 15 is 0 Å². The summed E-state index contributed by atoms with van der Waals surface area (Å²) in [5, 5.41) is 0. The van der Waals surface area contributed by atoms with E-state index in [0.717, 1.165) is 12.5 Å². The lowest BCUT2D eigenvalue weighted by molar-refractivity contribution is 0.205. The van der Waals surface area contributed by atoms with Crippen molar-refractivity contribution in [1.29, 1.82) is 0 Å². The summed E-state index contributed by atoms with van der Waals surface area (Å²) in [5.41, 5.74) is 0. The molecule has 0 aliphatic carbocycles. The molecule has 0 aliphatic rings. The molecule has 11 heavy (non-hydrogen) atoms. The van der Waals surface area contributed by atoms with Crippen molar-refractivity contribution in [2.45, 2.75) is 33.2 Å². The van der Waals surface area contributed by atoms with Gasteiger partial charge in [-0.1, -0.05) is 13.3 Å². The summed E-state index contributed by atoms with van der Waals surface area (Å²) in [6.45, 7) is 7.49. The van der Waals surface area contributed by atoms with Gasteiger partial charge in [-0.05, 0) is 13.8 Å². The predicted molar refractivity (Wildman–Crippen MR) is 53.1 cm³/mol. The van der Waals surface area contributed by atoms with Gasteiger partial charge >= 0.3 is 7.71 Å². The van der Waals surface area contributed by atoms with E-state index in [1.54, 1.807) is 0 Å². The van der Waals surface area contributed by atoms with Crippen molar-refractivity contribution in [3.8, 4) is 0 Å². The van der Waals surface area contributed by atoms with Crippen molar-refractivity contribution in [3.63, 3.8) is 0 Å². The topological polar surface area (TPSA) is 18.5 Å². The highest BCUT2D eigenvalue weighted by Gasteiger charge is 2.31. The van der Waals surface area contributed by atoms with Crippen LogP contribution in [-0.4, -0.2) is 20.9 Å². The van der Waals surface area contributed by atoms with Crippen LogP contribution in [0, 0.1) is 0 Å². The van der Waals surface area contributed by atoms with Gasteiger partial charge < -0.3 is 8.85 Å². The Morgan fingerprint density at radius 3 is 1.82 bits per heavy atom. The van der Waals surface area contributed by atoms with Crippen LogP contribution in [0.15, 0.2) is 0 Å². The summed E-state index contributed by atoms with van der Waals surface area (Å²) in [7, 11) is -2.05. The third-order valence-corrected chi connectivity index (χ3v) is 5.36. The van der Waals surface area contributed by atoms with Gasteiger partial charge in [0.05, 0.1) is 0 Å². The van der Waals surface area contributed by atoms with E-state index in [9.17, 15) is 0 Å². The molecule has 0 radical (unpaired) electrons. The maximum atomic E-state index is 5.49. The van der Waals surface area contributed by atoms with Gasteiger partial charge in [-0.25, -0.2) is 0 Å². The van der Waals surface area contributed by atoms with E-state index in [1.807, 2.05) is 13.8 Å². The molecule has 0 spiro atoms. The molecule has 0 fully saturated rings. The van der Waals surface area contributed by atoms with Crippen molar-refractivity contribution < 1.29 is 8.85 Å². The van der Waals surface area contributed by atoms with Gasteiger partial charge in [0.2, 0.25) is 0 Å². The number of hydrogen-bond acceptors (Lipinski definition) is 3. The summed E-state index contributed by atoms with van der Waals surface area (Å²) in [6.07, 6.45) is 1.08. The normalized spacial score (nSPS) is 12.0.